The summed E-state index contributed by atoms with van der Waals surface area (Å²) in [6.07, 6.45) is 3.27. The van der Waals surface area contributed by atoms with Gasteiger partial charge >= 0.3 is 0 Å². The molecular formula is C28H35NO7S. The van der Waals surface area contributed by atoms with Crippen LogP contribution >= 0.6 is 11.3 Å². The van der Waals surface area contributed by atoms with Crippen LogP contribution in [0, 0.1) is 6.92 Å². The van der Waals surface area contributed by atoms with Crippen molar-refractivity contribution >= 4 is 11.3 Å². The van der Waals surface area contributed by atoms with Crippen LogP contribution in [-0.2, 0) is 11.2 Å². The van der Waals surface area contributed by atoms with Gasteiger partial charge in [0.2, 0.25) is 11.5 Å². The molecule has 2 atom stereocenters. The lowest BCUT2D eigenvalue weighted by Crippen LogP contribution is -2.05. The third-order valence-corrected chi connectivity index (χ3v) is 7.56. The summed E-state index contributed by atoms with van der Waals surface area (Å²) in [5, 5.41) is 0. The van der Waals surface area contributed by atoms with Gasteiger partial charge in [0.05, 0.1) is 65.6 Å². The zero-order chi connectivity index (χ0) is 26.4. The Bertz CT molecular complexity index is 1170. The first kappa shape index (κ1) is 26.9. The van der Waals surface area contributed by atoms with E-state index in [-0.39, 0.29) is 12.2 Å². The van der Waals surface area contributed by atoms with Crippen LogP contribution < -0.4 is 28.4 Å². The normalized spacial score (nSPS) is 16.9. The van der Waals surface area contributed by atoms with Crippen molar-refractivity contribution in [2.24, 2.45) is 0 Å². The second-order valence-corrected chi connectivity index (χ2v) is 9.66. The number of aromatic nitrogens is 1. The van der Waals surface area contributed by atoms with Crippen LogP contribution in [0.3, 0.4) is 0 Å². The lowest BCUT2D eigenvalue weighted by molar-refractivity contribution is 0.0435. The summed E-state index contributed by atoms with van der Waals surface area (Å²) in [4.78, 5) is 5.61. The minimum absolute atomic E-state index is 0.112. The molecule has 1 aliphatic rings. The molecule has 1 aliphatic heterocycles. The predicted molar refractivity (Wildman–Crippen MR) is 142 cm³/mol. The maximum absolute atomic E-state index is 6.51. The summed E-state index contributed by atoms with van der Waals surface area (Å²) >= 11 is 1.68. The van der Waals surface area contributed by atoms with Crippen molar-refractivity contribution in [1.82, 2.24) is 4.98 Å². The highest BCUT2D eigenvalue weighted by atomic mass is 32.1. The topological polar surface area (TPSA) is 77.5 Å². The van der Waals surface area contributed by atoms with E-state index in [9.17, 15) is 0 Å². The van der Waals surface area contributed by atoms with Gasteiger partial charge in [0.15, 0.2) is 23.0 Å². The van der Waals surface area contributed by atoms with E-state index < -0.39 is 0 Å². The zero-order valence-corrected chi connectivity index (χ0v) is 23.1. The van der Waals surface area contributed by atoms with Crippen molar-refractivity contribution in [2.75, 3.05) is 42.2 Å². The molecule has 1 fully saturated rings. The Morgan fingerprint density at radius 3 is 1.76 bits per heavy atom. The van der Waals surface area contributed by atoms with Crippen LogP contribution in [-0.4, -0.2) is 47.1 Å². The Morgan fingerprint density at radius 1 is 0.784 bits per heavy atom. The van der Waals surface area contributed by atoms with Gasteiger partial charge in [0.25, 0.3) is 0 Å². The number of hydrogen-bond donors (Lipinski definition) is 0. The highest BCUT2D eigenvalue weighted by Crippen LogP contribution is 2.48. The first-order chi connectivity index (χ1) is 18.0. The van der Waals surface area contributed by atoms with E-state index in [0.717, 1.165) is 42.5 Å². The number of nitrogens with zero attached hydrogens (tertiary/aromatic N) is 1. The van der Waals surface area contributed by atoms with E-state index in [1.807, 2.05) is 36.7 Å². The summed E-state index contributed by atoms with van der Waals surface area (Å²) in [5.74, 6) is 3.64. The Kier molecular flexibility index (Phi) is 9.00. The van der Waals surface area contributed by atoms with Crippen LogP contribution in [0.4, 0.5) is 0 Å². The van der Waals surface area contributed by atoms with Crippen molar-refractivity contribution in [3.8, 4) is 34.5 Å². The molecular weight excluding hydrogens is 494 g/mol. The predicted octanol–water partition coefficient (Wildman–Crippen LogP) is 6.10. The van der Waals surface area contributed by atoms with Crippen LogP contribution in [0.5, 0.6) is 34.5 Å². The number of hydrogen-bond acceptors (Lipinski definition) is 9. The standard InChI is InChI=1S/C28H35NO7S/c1-17-26(37-16-29-17)8-7-11-35-25-15-19(14-24(32-4)28(25)34-6)21-10-9-20(36-21)18-12-22(30-2)27(33-5)23(13-18)31-3/h12-16,20-21H,7-11H2,1-6H3/t20-,21-/m0/s1. The Morgan fingerprint density at radius 2 is 1.30 bits per heavy atom. The minimum Gasteiger partial charge on any atom is -0.493 e. The van der Waals surface area contributed by atoms with E-state index in [4.69, 9.17) is 33.2 Å². The Hall–Kier alpha value is -3.17. The fraction of sp³-hybridized carbons (Fsp3) is 0.464. The van der Waals surface area contributed by atoms with Gasteiger partial charge in [-0.1, -0.05) is 0 Å². The molecule has 9 heteroatoms. The first-order valence-electron chi connectivity index (χ1n) is 12.3. The average Bonchev–Trinajstić information content (AvgIpc) is 3.59. The van der Waals surface area contributed by atoms with E-state index in [1.165, 1.54) is 4.88 Å². The summed E-state index contributed by atoms with van der Waals surface area (Å²) in [6.45, 7) is 2.59. The van der Waals surface area contributed by atoms with Gasteiger partial charge in [-0.25, -0.2) is 4.98 Å². The number of methoxy groups -OCH3 is 5. The van der Waals surface area contributed by atoms with Crippen LogP contribution in [0.2, 0.25) is 0 Å². The SMILES string of the molecule is COc1cc([C@@H]2CC[C@@H](c3cc(OC)c(OC)c(OCCCc4scnc4C)c3)O2)cc(OC)c1OC. The summed E-state index contributed by atoms with van der Waals surface area (Å²) < 4.78 is 40.5. The molecule has 0 saturated carbocycles. The smallest absolute Gasteiger partial charge is 0.203 e. The van der Waals surface area contributed by atoms with Crippen LogP contribution in [0.1, 0.15) is 53.2 Å². The van der Waals surface area contributed by atoms with Crippen molar-refractivity contribution in [3.63, 3.8) is 0 Å². The third-order valence-electron chi connectivity index (χ3n) is 6.57. The fourth-order valence-corrected chi connectivity index (χ4v) is 5.46. The quantitative estimate of drug-likeness (QED) is 0.261. The fourth-order valence-electron chi connectivity index (χ4n) is 4.64. The number of benzene rings is 2. The molecule has 0 bridgehead atoms. The zero-order valence-electron chi connectivity index (χ0n) is 22.3. The molecule has 0 unspecified atom stereocenters. The second kappa shape index (κ2) is 12.4. The van der Waals surface area contributed by atoms with E-state index in [1.54, 1.807) is 46.9 Å². The average molecular weight is 530 g/mol. The highest BCUT2D eigenvalue weighted by Gasteiger charge is 2.31. The van der Waals surface area contributed by atoms with Gasteiger partial charge in [-0.3, -0.25) is 0 Å². The van der Waals surface area contributed by atoms with E-state index in [0.29, 0.717) is 41.1 Å². The number of thiazole rings is 1. The maximum Gasteiger partial charge on any atom is 0.203 e. The molecule has 3 aromatic rings. The second-order valence-electron chi connectivity index (χ2n) is 8.72. The Balaban J connectivity index is 1.51. The van der Waals surface area contributed by atoms with Crippen molar-refractivity contribution in [3.05, 3.63) is 51.5 Å². The minimum atomic E-state index is -0.119. The van der Waals surface area contributed by atoms with Gasteiger partial charge < -0.3 is 33.2 Å². The molecule has 2 aromatic carbocycles. The monoisotopic (exact) mass is 529 g/mol. The molecule has 0 radical (unpaired) electrons. The molecule has 200 valence electrons. The lowest BCUT2D eigenvalue weighted by Gasteiger charge is -2.20. The highest BCUT2D eigenvalue weighted by molar-refractivity contribution is 7.09. The summed E-state index contributed by atoms with van der Waals surface area (Å²) in [6, 6.07) is 7.86. The van der Waals surface area contributed by atoms with Crippen molar-refractivity contribution in [1.29, 1.82) is 0 Å². The lowest BCUT2D eigenvalue weighted by atomic mass is 10.0. The maximum atomic E-state index is 6.51. The number of aryl methyl sites for hydroxylation is 2. The molecule has 0 spiro atoms. The molecule has 0 aliphatic carbocycles. The molecule has 4 rings (SSSR count). The van der Waals surface area contributed by atoms with Gasteiger partial charge in [0.1, 0.15) is 0 Å². The summed E-state index contributed by atoms with van der Waals surface area (Å²) in [7, 11) is 8.08. The number of ether oxygens (including phenoxy) is 7. The van der Waals surface area contributed by atoms with Gasteiger partial charge in [-0.05, 0) is 68.0 Å². The van der Waals surface area contributed by atoms with Crippen LogP contribution in [0.15, 0.2) is 29.8 Å². The van der Waals surface area contributed by atoms with Crippen LogP contribution in [0.25, 0.3) is 0 Å². The van der Waals surface area contributed by atoms with Gasteiger partial charge in [-0.15, -0.1) is 11.3 Å². The van der Waals surface area contributed by atoms with E-state index in [2.05, 4.69) is 4.98 Å². The molecule has 1 aromatic heterocycles. The van der Waals surface area contributed by atoms with E-state index >= 15 is 0 Å². The Labute approximate surface area is 222 Å². The third kappa shape index (κ3) is 5.88. The van der Waals surface area contributed by atoms with Gasteiger partial charge in [0, 0.05) is 4.88 Å². The van der Waals surface area contributed by atoms with Gasteiger partial charge in [-0.2, -0.15) is 0 Å². The molecule has 1 saturated heterocycles. The molecule has 0 amide bonds. The largest absolute Gasteiger partial charge is 0.493 e. The van der Waals surface area contributed by atoms with Crippen molar-refractivity contribution < 1.29 is 33.2 Å². The molecule has 0 N–H and O–H groups in total. The summed E-state index contributed by atoms with van der Waals surface area (Å²) in [5.41, 5.74) is 4.94. The number of rotatable bonds is 12. The molecule has 37 heavy (non-hydrogen) atoms. The molecule has 2 heterocycles. The molecule has 8 nitrogen and oxygen atoms in total. The first-order valence-corrected chi connectivity index (χ1v) is 13.1. The van der Waals surface area contributed by atoms with Crippen molar-refractivity contribution in [2.45, 2.75) is 44.8 Å².